The first-order valence-electron chi connectivity index (χ1n) is 5.25. The van der Waals surface area contributed by atoms with Gasteiger partial charge in [-0.05, 0) is 19.8 Å². The molecular formula is C9H13N5O3. The van der Waals surface area contributed by atoms with Gasteiger partial charge in [0, 0.05) is 0 Å². The van der Waals surface area contributed by atoms with Crippen LogP contribution in [0.15, 0.2) is 0 Å². The van der Waals surface area contributed by atoms with E-state index in [1.165, 1.54) is 0 Å². The van der Waals surface area contributed by atoms with E-state index in [-0.39, 0.29) is 23.5 Å². The number of nitrogens with zero attached hydrogens (tertiary/aromatic N) is 2. The van der Waals surface area contributed by atoms with Crippen molar-refractivity contribution in [3.63, 3.8) is 0 Å². The van der Waals surface area contributed by atoms with Crippen molar-refractivity contribution in [1.82, 2.24) is 15.4 Å². The first-order valence-corrected chi connectivity index (χ1v) is 5.25. The maximum Gasteiger partial charge on any atom is 0.273 e. The van der Waals surface area contributed by atoms with E-state index in [4.69, 9.17) is 10.5 Å². The first-order chi connectivity index (χ1) is 8.08. The highest BCUT2D eigenvalue weighted by Crippen LogP contribution is 2.20. The second kappa shape index (κ2) is 4.50. The van der Waals surface area contributed by atoms with Crippen LogP contribution in [-0.4, -0.2) is 39.4 Å². The predicted molar refractivity (Wildman–Crippen MR) is 57.1 cm³/mol. The zero-order valence-corrected chi connectivity index (χ0v) is 9.27. The molecule has 0 spiro atoms. The Morgan fingerprint density at radius 3 is 2.82 bits per heavy atom. The summed E-state index contributed by atoms with van der Waals surface area (Å²) in [4.78, 5) is 22.7. The van der Waals surface area contributed by atoms with Crippen molar-refractivity contribution in [2.45, 2.75) is 32.0 Å². The molecule has 8 heteroatoms. The number of aromatic amines is 1. The molecule has 2 atom stereocenters. The quantitative estimate of drug-likeness (QED) is 0.650. The third-order valence-electron chi connectivity index (χ3n) is 2.55. The third kappa shape index (κ3) is 2.41. The topological polar surface area (TPSA) is 123 Å². The van der Waals surface area contributed by atoms with Crippen molar-refractivity contribution in [2.24, 2.45) is 5.73 Å². The molecule has 2 amide bonds. The summed E-state index contributed by atoms with van der Waals surface area (Å²) in [5.74, 6) is -1.06. The number of primary amides is 1. The van der Waals surface area contributed by atoms with Crippen molar-refractivity contribution < 1.29 is 14.3 Å². The summed E-state index contributed by atoms with van der Waals surface area (Å²) in [5.41, 5.74) is 4.97. The van der Waals surface area contributed by atoms with Crippen molar-refractivity contribution in [3.8, 4) is 0 Å². The van der Waals surface area contributed by atoms with Crippen molar-refractivity contribution in [2.75, 3.05) is 5.32 Å². The van der Waals surface area contributed by atoms with Gasteiger partial charge in [-0.2, -0.15) is 5.21 Å². The number of rotatable bonds is 3. The average molecular weight is 239 g/mol. The molecule has 0 saturated carbocycles. The molecular weight excluding hydrogens is 226 g/mol. The Morgan fingerprint density at radius 2 is 2.24 bits per heavy atom. The lowest BCUT2D eigenvalue weighted by Gasteiger charge is -2.10. The highest BCUT2D eigenvalue weighted by molar-refractivity contribution is 6.01. The second-order valence-corrected chi connectivity index (χ2v) is 3.89. The molecule has 17 heavy (non-hydrogen) atoms. The van der Waals surface area contributed by atoms with Crippen LogP contribution in [0, 0.1) is 0 Å². The van der Waals surface area contributed by atoms with E-state index in [0.717, 1.165) is 6.42 Å². The number of carbonyl (C=O) groups is 2. The molecule has 4 N–H and O–H groups in total. The van der Waals surface area contributed by atoms with Gasteiger partial charge in [-0.15, -0.1) is 10.2 Å². The van der Waals surface area contributed by atoms with Crippen molar-refractivity contribution in [1.29, 1.82) is 0 Å². The van der Waals surface area contributed by atoms with Crippen LogP contribution in [0.4, 0.5) is 5.82 Å². The fraction of sp³-hybridized carbons (Fsp3) is 0.556. The van der Waals surface area contributed by atoms with E-state index in [1.807, 2.05) is 6.92 Å². The largest absolute Gasteiger partial charge is 0.365 e. The zero-order valence-electron chi connectivity index (χ0n) is 9.27. The van der Waals surface area contributed by atoms with E-state index >= 15 is 0 Å². The molecule has 2 rings (SSSR count). The lowest BCUT2D eigenvalue weighted by atomic mass is 10.2. The van der Waals surface area contributed by atoms with Gasteiger partial charge in [0.25, 0.3) is 11.8 Å². The molecule has 1 fully saturated rings. The molecule has 1 aliphatic rings. The first kappa shape index (κ1) is 11.5. The van der Waals surface area contributed by atoms with E-state index in [9.17, 15) is 9.59 Å². The standard InChI is InChI=1S/C9H13N5O3/c1-4-2-3-5(17-4)9(16)11-8-6(7(10)15)12-14-13-8/h4-5H,2-3H2,1H3,(H2,10,15)(H2,11,12,13,14,16)/t4-,5+/m1/s1. The van der Waals surface area contributed by atoms with E-state index in [1.54, 1.807) is 0 Å². The van der Waals surface area contributed by atoms with Gasteiger partial charge in [-0.1, -0.05) is 0 Å². The van der Waals surface area contributed by atoms with E-state index in [2.05, 4.69) is 20.7 Å². The number of aromatic nitrogens is 3. The Kier molecular flexibility index (Phi) is 3.05. The van der Waals surface area contributed by atoms with Gasteiger partial charge in [-0.3, -0.25) is 9.59 Å². The highest BCUT2D eigenvalue weighted by Gasteiger charge is 2.29. The Morgan fingerprint density at radius 1 is 1.47 bits per heavy atom. The molecule has 0 bridgehead atoms. The van der Waals surface area contributed by atoms with Crippen LogP contribution in [0.1, 0.15) is 30.3 Å². The molecule has 92 valence electrons. The van der Waals surface area contributed by atoms with E-state index < -0.39 is 12.0 Å². The minimum atomic E-state index is -0.755. The Balaban J connectivity index is 2.03. The molecule has 0 unspecified atom stereocenters. The molecule has 1 saturated heterocycles. The van der Waals surface area contributed by atoms with Gasteiger partial charge in [0.1, 0.15) is 6.10 Å². The van der Waals surface area contributed by atoms with Gasteiger partial charge in [0.05, 0.1) is 6.10 Å². The smallest absolute Gasteiger partial charge is 0.273 e. The lowest BCUT2D eigenvalue weighted by Crippen LogP contribution is -2.29. The minimum Gasteiger partial charge on any atom is -0.365 e. The maximum atomic E-state index is 11.8. The van der Waals surface area contributed by atoms with Gasteiger partial charge in [-0.25, -0.2) is 0 Å². The fourth-order valence-electron chi connectivity index (χ4n) is 1.68. The summed E-state index contributed by atoms with van der Waals surface area (Å²) >= 11 is 0. The second-order valence-electron chi connectivity index (χ2n) is 3.89. The summed E-state index contributed by atoms with van der Waals surface area (Å²) in [5, 5.41) is 11.9. The minimum absolute atomic E-state index is 0.0330. The lowest BCUT2D eigenvalue weighted by molar-refractivity contribution is -0.126. The van der Waals surface area contributed by atoms with Crippen LogP contribution in [0.2, 0.25) is 0 Å². The van der Waals surface area contributed by atoms with Crippen LogP contribution in [-0.2, 0) is 9.53 Å². The third-order valence-corrected chi connectivity index (χ3v) is 2.55. The number of nitrogens with two attached hydrogens (primary N) is 1. The number of H-pyrrole nitrogens is 1. The van der Waals surface area contributed by atoms with Crippen molar-refractivity contribution in [3.05, 3.63) is 5.69 Å². The molecule has 0 radical (unpaired) electrons. The van der Waals surface area contributed by atoms with Crippen LogP contribution in [0.5, 0.6) is 0 Å². The fourth-order valence-corrected chi connectivity index (χ4v) is 1.68. The summed E-state index contributed by atoms with van der Waals surface area (Å²) in [6.07, 6.45) is 1.04. The number of amides is 2. The number of anilines is 1. The SMILES string of the molecule is C[C@@H]1CC[C@@H](C(=O)Nc2n[nH]nc2C(N)=O)O1. The number of ether oxygens (including phenoxy) is 1. The van der Waals surface area contributed by atoms with Gasteiger partial charge in [0.15, 0.2) is 11.5 Å². The van der Waals surface area contributed by atoms with Crippen molar-refractivity contribution >= 4 is 17.6 Å². The summed E-state index contributed by atoms with van der Waals surface area (Å²) < 4.78 is 5.39. The average Bonchev–Trinajstić information content (AvgIpc) is 2.86. The molecule has 0 aromatic carbocycles. The predicted octanol–water partition coefficient (Wildman–Crippen LogP) is -0.590. The maximum absolute atomic E-state index is 11.8. The monoisotopic (exact) mass is 239 g/mol. The number of carbonyl (C=O) groups excluding carboxylic acids is 2. The van der Waals surface area contributed by atoms with Crippen LogP contribution in [0.3, 0.4) is 0 Å². The van der Waals surface area contributed by atoms with E-state index in [0.29, 0.717) is 6.42 Å². The normalized spacial score (nSPS) is 23.6. The number of hydrogen-bond acceptors (Lipinski definition) is 5. The Bertz CT molecular complexity index is 444. The summed E-state index contributed by atoms with van der Waals surface area (Å²) in [6, 6.07) is 0. The molecule has 0 aliphatic carbocycles. The van der Waals surface area contributed by atoms with Crippen LogP contribution < -0.4 is 11.1 Å². The highest BCUT2D eigenvalue weighted by atomic mass is 16.5. The molecule has 2 heterocycles. The molecule has 1 aliphatic heterocycles. The van der Waals surface area contributed by atoms with Crippen LogP contribution in [0.25, 0.3) is 0 Å². The molecule has 1 aromatic heterocycles. The molecule has 1 aromatic rings. The molecule has 8 nitrogen and oxygen atoms in total. The zero-order chi connectivity index (χ0) is 12.4. The number of nitrogens with one attached hydrogen (secondary N) is 2. The van der Waals surface area contributed by atoms with Gasteiger partial charge >= 0.3 is 0 Å². The number of hydrogen-bond donors (Lipinski definition) is 3. The Labute approximate surface area is 96.9 Å². The Hall–Kier alpha value is -1.96. The van der Waals surface area contributed by atoms with Gasteiger partial charge < -0.3 is 15.8 Å². The summed E-state index contributed by atoms with van der Waals surface area (Å²) in [6.45, 7) is 1.90. The summed E-state index contributed by atoms with van der Waals surface area (Å²) in [7, 11) is 0. The van der Waals surface area contributed by atoms with Crippen LogP contribution >= 0.6 is 0 Å². The van der Waals surface area contributed by atoms with Gasteiger partial charge in [0.2, 0.25) is 0 Å².